The number of unbranched alkanes of at least 4 members (excludes halogenated alkanes) is 1. The number of nitrogens with zero attached hydrogens (tertiary/aromatic N) is 1. The van der Waals surface area contributed by atoms with Crippen LogP contribution in [0.5, 0.6) is 5.75 Å². The van der Waals surface area contributed by atoms with Gasteiger partial charge in [0.2, 0.25) is 0 Å². The maximum absolute atomic E-state index is 13.4. The van der Waals surface area contributed by atoms with Crippen LogP contribution in [-0.2, 0) is 33.0 Å². The lowest BCUT2D eigenvalue weighted by molar-refractivity contribution is -0.180. The van der Waals surface area contributed by atoms with Crippen molar-refractivity contribution in [2.75, 3.05) is 24.7 Å². The van der Waals surface area contributed by atoms with Gasteiger partial charge in [0.15, 0.2) is 0 Å². The lowest BCUT2D eigenvalue weighted by Gasteiger charge is -2.23. The van der Waals surface area contributed by atoms with Gasteiger partial charge in [-0.15, -0.1) is 0 Å². The van der Waals surface area contributed by atoms with E-state index in [1.807, 2.05) is 37.3 Å². The van der Waals surface area contributed by atoms with E-state index in [1.54, 1.807) is 4.90 Å². The highest BCUT2D eigenvalue weighted by molar-refractivity contribution is 6.06. The third-order valence-electron chi connectivity index (χ3n) is 5.35. The average Bonchev–Trinajstić information content (AvgIpc) is 3.29. The molecular weight excluding hydrogens is 354 g/mol. The molecule has 0 saturated carbocycles. The van der Waals surface area contributed by atoms with Crippen LogP contribution in [0.3, 0.4) is 0 Å². The van der Waals surface area contributed by atoms with Crippen LogP contribution in [0.15, 0.2) is 42.5 Å². The fourth-order valence-electron chi connectivity index (χ4n) is 3.97. The van der Waals surface area contributed by atoms with Crippen molar-refractivity contribution in [1.82, 2.24) is 0 Å². The Hall–Kier alpha value is -2.37. The maximum Gasteiger partial charge on any atom is 0.292 e. The zero-order valence-electron chi connectivity index (χ0n) is 16.6. The first-order valence-corrected chi connectivity index (χ1v) is 10.1. The van der Waals surface area contributed by atoms with E-state index >= 15 is 0 Å². The minimum absolute atomic E-state index is 0.154. The Balaban J connectivity index is 1.71. The van der Waals surface area contributed by atoms with Crippen LogP contribution in [0, 0.1) is 0 Å². The van der Waals surface area contributed by atoms with E-state index in [4.69, 9.17) is 14.2 Å². The molecule has 4 rings (SSSR count). The standard InChI is InChI=1S/C23H27NO4/c1-3-5-8-17-11-12-20-19(15-17)23(27-13-14-28-23)22(25)24(20)16-18-9-6-7-10-21(18)26-4-2/h6-7,9-12,15H,3-5,8,13-14,16H2,1-2H3. The lowest BCUT2D eigenvalue weighted by atomic mass is 10.0. The van der Waals surface area contributed by atoms with Crippen LogP contribution in [0.25, 0.3) is 0 Å². The predicted octanol–water partition coefficient (Wildman–Crippen LogP) is 4.17. The number of amides is 1. The van der Waals surface area contributed by atoms with Crippen molar-refractivity contribution in [3.05, 3.63) is 59.2 Å². The minimum atomic E-state index is -1.29. The van der Waals surface area contributed by atoms with Crippen molar-refractivity contribution in [2.45, 2.75) is 45.4 Å². The van der Waals surface area contributed by atoms with E-state index in [0.29, 0.717) is 26.4 Å². The Bertz CT molecular complexity index is 857. The number of para-hydroxylation sites is 1. The summed E-state index contributed by atoms with van der Waals surface area (Å²) in [6.45, 7) is 5.99. The topological polar surface area (TPSA) is 48.0 Å². The smallest absolute Gasteiger partial charge is 0.292 e. The highest BCUT2D eigenvalue weighted by Crippen LogP contribution is 2.47. The Morgan fingerprint density at radius 1 is 1.11 bits per heavy atom. The monoisotopic (exact) mass is 381 g/mol. The Morgan fingerprint density at radius 3 is 2.64 bits per heavy atom. The molecule has 2 aromatic rings. The molecule has 1 amide bonds. The van der Waals surface area contributed by atoms with E-state index in [-0.39, 0.29) is 5.91 Å². The molecule has 0 unspecified atom stereocenters. The highest BCUT2D eigenvalue weighted by atomic mass is 16.7. The number of hydrogen-bond acceptors (Lipinski definition) is 4. The van der Waals surface area contributed by atoms with Crippen molar-refractivity contribution < 1.29 is 19.0 Å². The summed E-state index contributed by atoms with van der Waals surface area (Å²) in [5, 5.41) is 0. The molecule has 0 atom stereocenters. The van der Waals surface area contributed by atoms with Gasteiger partial charge in [0, 0.05) is 11.1 Å². The van der Waals surface area contributed by atoms with Gasteiger partial charge in [0.25, 0.3) is 11.7 Å². The van der Waals surface area contributed by atoms with Gasteiger partial charge in [-0.1, -0.05) is 37.6 Å². The summed E-state index contributed by atoms with van der Waals surface area (Å²) < 4.78 is 17.6. The first kappa shape index (κ1) is 19.0. The van der Waals surface area contributed by atoms with E-state index in [1.165, 1.54) is 5.56 Å². The summed E-state index contributed by atoms with van der Waals surface area (Å²) in [4.78, 5) is 15.2. The number of aryl methyl sites for hydroxylation is 1. The minimum Gasteiger partial charge on any atom is -0.494 e. The molecule has 1 fully saturated rings. The number of carbonyl (C=O) groups excluding carboxylic acids is 1. The Morgan fingerprint density at radius 2 is 1.89 bits per heavy atom. The normalized spacial score (nSPS) is 17.4. The molecule has 2 aromatic carbocycles. The molecule has 0 N–H and O–H groups in total. The van der Waals surface area contributed by atoms with Crippen molar-refractivity contribution in [1.29, 1.82) is 0 Å². The number of carbonyl (C=O) groups is 1. The number of benzene rings is 2. The van der Waals surface area contributed by atoms with Gasteiger partial charge in [0.05, 0.1) is 32.1 Å². The summed E-state index contributed by atoms with van der Waals surface area (Å²) in [7, 11) is 0. The maximum atomic E-state index is 13.4. The number of fused-ring (bicyclic) bond motifs is 2. The second-order valence-corrected chi connectivity index (χ2v) is 7.20. The van der Waals surface area contributed by atoms with Gasteiger partial charge in [-0.2, -0.15) is 0 Å². The highest BCUT2D eigenvalue weighted by Gasteiger charge is 2.56. The van der Waals surface area contributed by atoms with Crippen LogP contribution in [0.1, 0.15) is 43.4 Å². The van der Waals surface area contributed by atoms with Crippen LogP contribution in [0.2, 0.25) is 0 Å². The summed E-state index contributed by atoms with van der Waals surface area (Å²) in [5.74, 6) is -0.648. The Labute approximate surface area is 166 Å². The van der Waals surface area contributed by atoms with Crippen LogP contribution < -0.4 is 9.64 Å². The summed E-state index contributed by atoms with van der Waals surface area (Å²) in [6, 6.07) is 14.1. The molecule has 2 heterocycles. The second-order valence-electron chi connectivity index (χ2n) is 7.20. The van der Waals surface area contributed by atoms with Crippen LogP contribution in [-0.4, -0.2) is 25.7 Å². The van der Waals surface area contributed by atoms with Crippen molar-refractivity contribution in [2.24, 2.45) is 0 Å². The quantitative estimate of drug-likeness (QED) is 0.722. The molecule has 148 valence electrons. The number of rotatable bonds is 7. The third-order valence-corrected chi connectivity index (χ3v) is 5.35. The molecule has 0 radical (unpaired) electrons. The lowest BCUT2D eigenvalue weighted by Crippen LogP contribution is -2.41. The fraction of sp³-hybridized carbons (Fsp3) is 0.435. The van der Waals surface area contributed by atoms with Crippen LogP contribution in [0.4, 0.5) is 5.69 Å². The summed E-state index contributed by atoms with van der Waals surface area (Å²) in [5.41, 5.74) is 3.87. The molecule has 0 aromatic heterocycles. The molecule has 1 spiro atoms. The van der Waals surface area contributed by atoms with Crippen molar-refractivity contribution in [3.63, 3.8) is 0 Å². The Kier molecular flexibility index (Phi) is 5.38. The van der Waals surface area contributed by atoms with Gasteiger partial charge in [-0.05, 0) is 43.5 Å². The van der Waals surface area contributed by atoms with Crippen molar-refractivity contribution >= 4 is 11.6 Å². The fourth-order valence-corrected chi connectivity index (χ4v) is 3.97. The van der Waals surface area contributed by atoms with Gasteiger partial charge >= 0.3 is 0 Å². The zero-order chi connectivity index (χ0) is 19.6. The zero-order valence-corrected chi connectivity index (χ0v) is 16.6. The van der Waals surface area contributed by atoms with Crippen LogP contribution >= 0.6 is 0 Å². The first-order chi connectivity index (χ1) is 13.7. The number of ether oxygens (including phenoxy) is 3. The molecule has 0 bridgehead atoms. The first-order valence-electron chi connectivity index (χ1n) is 10.1. The van der Waals surface area contributed by atoms with E-state index in [0.717, 1.165) is 41.8 Å². The molecule has 0 aliphatic carbocycles. The number of anilines is 1. The molecule has 2 aliphatic rings. The largest absolute Gasteiger partial charge is 0.494 e. The SMILES string of the molecule is CCCCc1ccc2c(c1)C1(OCCO1)C(=O)N2Cc1ccccc1OCC. The van der Waals surface area contributed by atoms with Crippen molar-refractivity contribution in [3.8, 4) is 5.75 Å². The van der Waals surface area contributed by atoms with E-state index < -0.39 is 5.79 Å². The van der Waals surface area contributed by atoms with Gasteiger partial charge in [0.1, 0.15) is 5.75 Å². The summed E-state index contributed by atoms with van der Waals surface area (Å²) >= 11 is 0. The van der Waals surface area contributed by atoms with Gasteiger partial charge in [-0.25, -0.2) is 0 Å². The van der Waals surface area contributed by atoms with E-state index in [9.17, 15) is 4.79 Å². The molecule has 2 aliphatic heterocycles. The summed E-state index contributed by atoms with van der Waals surface area (Å²) in [6.07, 6.45) is 3.24. The molecule has 1 saturated heterocycles. The second kappa shape index (κ2) is 7.94. The number of hydrogen-bond donors (Lipinski definition) is 0. The predicted molar refractivity (Wildman–Crippen MR) is 107 cm³/mol. The molecule has 5 heteroatoms. The molecular formula is C23H27NO4. The van der Waals surface area contributed by atoms with E-state index in [2.05, 4.69) is 19.1 Å². The molecule has 28 heavy (non-hydrogen) atoms. The van der Waals surface area contributed by atoms with Gasteiger partial charge in [-0.3, -0.25) is 4.79 Å². The average molecular weight is 381 g/mol. The molecule has 5 nitrogen and oxygen atoms in total. The third kappa shape index (κ3) is 3.19. The van der Waals surface area contributed by atoms with Gasteiger partial charge < -0.3 is 19.1 Å².